The summed E-state index contributed by atoms with van der Waals surface area (Å²) in [4.78, 5) is 0. The number of fused-ring (bicyclic) bond motifs is 5. The summed E-state index contributed by atoms with van der Waals surface area (Å²) in [7, 11) is 0. The van der Waals surface area contributed by atoms with Crippen LogP contribution < -0.4 is 0 Å². The fourth-order valence-electron chi connectivity index (χ4n) is 7.24. The van der Waals surface area contributed by atoms with Crippen molar-refractivity contribution in [1.29, 1.82) is 0 Å². The van der Waals surface area contributed by atoms with E-state index in [1.807, 2.05) is 0 Å². The Hall–Kier alpha value is -1.56. The van der Waals surface area contributed by atoms with Gasteiger partial charge in [0.05, 0.1) is 0 Å². The zero-order chi connectivity index (χ0) is 23.9. The fraction of sp³-hybridized carbons (Fsp3) is 0.625. The first-order valence-electron chi connectivity index (χ1n) is 13.1. The molecule has 0 amide bonds. The molecule has 0 aliphatic heterocycles. The van der Waals surface area contributed by atoms with E-state index in [1.54, 1.807) is 44.5 Å². The van der Waals surface area contributed by atoms with Crippen molar-refractivity contribution < 1.29 is 0 Å². The molecule has 0 N–H and O–H groups in total. The summed E-state index contributed by atoms with van der Waals surface area (Å²) < 4.78 is 0. The van der Waals surface area contributed by atoms with E-state index in [0.29, 0.717) is 35.5 Å². The van der Waals surface area contributed by atoms with Gasteiger partial charge in [-0.05, 0) is 79.0 Å². The molecule has 0 saturated carbocycles. The standard InChI is InChI=1S/C32H46/c1-17(2)21-13-25-27(15-23(21)19(5)6)31(9,10)30-26-14-22(18(3)4)24(20(7)8)16-28(26)32(11,12)29(25)30/h13-20,29-30H,1-12H3. The van der Waals surface area contributed by atoms with Crippen molar-refractivity contribution >= 4 is 0 Å². The van der Waals surface area contributed by atoms with E-state index in [4.69, 9.17) is 0 Å². The van der Waals surface area contributed by atoms with E-state index in [-0.39, 0.29) is 10.8 Å². The summed E-state index contributed by atoms with van der Waals surface area (Å²) in [6.45, 7) is 29.0. The minimum atomic E-state index is 0.148. The van der Waals surface area contributed by atoms with Gasteiger partial charge >= 0.3 is 0 Å². The fourth-order valence-corrected chi connectivity index (χ4v) is 7.24. The summed E-state index contributed by atoms with van der Waals surface area (Å²) in [5.41, 5.74) is 13.0. The average Bonchev–Trinajstić information content (AvgIpc) is 3.06. The zero-order valence-electron chi connectivity index (χ0n) is 22.8. The molecule has 2 aromatic rings. The van der Waals surface area contributed by atoms with Gasteiger partial charge in [-0.25, -0.2) is 0 Å². The summed E-state index contributed by atoms with van der Waals surface area (Å²) in [6, 6.07) is 10.5. The summed E-state index contributed by atoms with van der Waals surface area (Å²) >= 11 is 0. The molecule has 0 bridgehead atoms. The van der Waals surface area contributed by atoms with Crippen LogP contribution in [0.25, 0.3) is 0 Å². The van der Waals surface area contributed by atoms with Crippen LogP contribution in [-0.2, 0) is 10.8 Å². The van der Waals surface area contributed by atoms with E-state index >= 15 is 0 Å². The Bertz CT molecular complexity index is 957. The second kappa shape index (κ2) is 7.48. The first kappa shape index (κ1) is 23.6. The van der Waals surface area contributed by atoms with Gasteiger partial charge in [0, 0.05) is 11.8 Å². The first-order chi connectivity index (χ1) is 14.7. The van der Waals surface area contributed by atoms with Crippen LogP contribution in [0.1, 0.15) is 163 Å². The minimum Gasteiger partial charge on any atom is -0.0587 e. The molecule has 174 valence electrons. The molecule has 2 aromatic carbocycles. The van der Waals surface area contributed by atoms with Crippen LogP contribution in [0, 0.1) is 0 Å². The molecule has 4 rings (SSSR count). The predicted octanol–water partition coefficient (Wildman–Crippen LogP) is 9.63. The quantitative estimate of drug-likeness (QED) is 0.453. The molecule has 0 saturated heterocycles. The zero-order valence-corrected chi connectivity index (χ0v) is 22.8. The van der Waals surface area contributed by atoms with Gasteiger partial charge in [-0.1, -0.05) is 107 Å². The van der Waals surface area contributed by atoms with E-state index in [1.165, 1.54) is 0 Å². The lowest BCUT2D eigenvalue weighted by Crippen LogP contribution is -2.25. The molecule has 0 heterocycles. The lowest BCUT2D eigenvalue weighted by molar-refractivity contribution is 0.348. The lowest BCUT2D eigenvalue weighted by Gasteiger charge is -2.31. The average molecular weight is 431 g/mol. The molecule has 32 heavy (non-hydrogen) atoms. The molecule has 0 heteroatoms. The van der Waals surface area contributed by atoms with Gasteiger partial charge in [0.2, 0.25) is 0 Å². The Morgan fingerprint density at radius 2 is 0.719 bits per heavy atom. The minimum absolute atomic E-state index is 0.148. The lowest BCUT2D eigenvalue weighted by atomic mass is 9.71. The van der Waals surface area contributed by atoms with Crippen molar-refractivity contribution in [1.82, 2.24) is 0 Å². The van der Waals surface area contributed by atoms with E-state index in [9.17, 15) is 0 Å². The van der Waals surface area contributed by atoms with Crippen LogP contribution in [0.15, 0.2) is 24.3 Å². The Morgan fingerprint density at radius 3 is 0.969 bits per heavy atom. The Labute approximate surface area is 198 Å². The highest BCUT2D eigenvalue weighted by Crippen LogP contribution is 2.68. The van der Waals surface area contributed by atoms with E-state index in [2.05, 4.69) is 107 Å². The highest BCUT2D eigenvalue weighted by Gasteiger charge is 2.58. The maximum atomic E-state index is 2.63. The third-order valence-electron chi connectivity index (χ3n) is 8.95. The summed E-state index contributed by atoms with van der Waals surface area (Å²) in [6.07, 6.45) is 0. The monoisotopic (exact) mass is 430 g/mol. The third kappa shape index (κ3) is 3.15. The Morgan fingerprint density at radius 1 is 0.469 bits per heavy atom. The van der Waals surface area contributed by atoms with E-state index < -0.39 is 0 Å². The van der Waals surface area contributed by atoms with Gasteiger partial charge < -0.3 is 0 Å². The normalized spacial score (nSPS) is 22.8. The molecule has 0 spiro atoms. The molecule has 2 aliphatic carbocycles. The highest BCUT2D eigenvalue weighted by atomic mass is 14.6. The number of benzene rings is 2. The third-order valence-corrected chi connectivity index (χ3v) is 8.95. The molecule has 0 fully saturated rings. The van der Waals surface area contributed by atoms with Crippen molar-refractivity contribution in [3.63, 3.8) is 0 Å². The van der Waals surface area contributed by atoms with Crippen molar-refractivity contribution in [2.75, 3.05) is 0 Å². The molecule has 2 aliphatic rings. The van der Waals surface area contributed by atoms with Crippen LogP contribution in [0.4, 0.5) is 0 Å². The van der Waals surface area contributed by atoms with Gasteiger partial charge in [0.1, 0.15) is 0 Å². The second-order valence-electron chi connectivity index (χ2n) is 13.2. The Kier molecular flexibility index (Phi) is 5.51. The van der Waals surface area contributed by atoms with Crippen molar-refractivity contribution in [3.8, 4) is 0 Å². The number of hydrogen-bond acceptors (Lipinski definition) is 0. The molecule has 0 nitrogen and oxygen atoms in total. The summed E-state index contributed by atoms with van der Waals surface area (Å²) in [5, 5.41) is 0. The first-order valence-corrected chi connectivity index (χ1v) is 13.1. The van der Waals surface area contributed by atoms with Gasteiger partial charge in [-0.15, -0.1) is 0 Å². The van der Waals surface area contributed by atoms with Crippen LogP contribution in [-0.4, -0.2) is 0 Å². The Balaban J connectivity index is 2.01. The molecular formula is C32H46. The van der Waals surface area contributed by atoms with Crippen LogP contribution in [0.3, 0.4) is 0 Å². The van der Waals surface area contributed by atoms with Crippen LogP contribution in [0.5, 0.6) is 0 Å². The molecule has 0 radical (unpaired) electrons. The van der Waals surface area contributed by atoms with Gasteiger partial charge in [0.15, 0.2) is 0 Å². The molecule has 2 atom stereocenters. The smallest absolute Gasteiger partial charge is 0.00103 e. The second-order valence-corrected chi connectivity index (χ2v) is 13.2. The van der Waals surface area contributed by atoms with Crippen molar-refractivity contribution in [3.05, 3.63) is 68.8 Å². The van der Waals surface area contributed by atoms with Crippen molar-refractivity contribution in [2.24, 2.45) is 0 Å². The SMILES string of the molecule is CC(C)c1cc2c(cc1C(C)C)C(C)(C)C1c3cc(C(C)C)c(C(C)C)cc3C(C)(C)C21. The number of rotatable bonds is 4. The largest absolute Gasteiger partial charge is 0.0587 e. The topological polar surface area (TPSA) is 0 Å². The number of hydrogen-bond donors (Lipinski definition) is 0. The molecular weight excluding hydrogens is 384 g/mol. The van der Waals surface area contributed by atoms with Gasteiger partial charge in [0.25, 0.3) is 0 Å². The van der Waals surface area contributed by atoms with Crippen LogP contribution >= 0.6 is 0 Å². The van der Waals surface area contributed by atoms with E-state index in [0.717, 1.165) is 0 Å². The molecule has 2 unspecified atom stereocenters. The maximum absolute atomic E-state index is 2.63. The summed E-state index contributed by atoms with van der Waals surface area (Å²) in [5.74, 6) is 3.37. The maximum Gasteiger partial charge on any atom is 0.00103 e. The van der Waals surface area contributed by atoms with Crippen LogP contribution in [0.2, 0.25) is 0 Å². The van der Waals surface area contributed by atoms with Crippen molar-refractivity contribution in [2.45, 2.75) is 129 Å². The predicted molar refractivity (Wildman–Crippen MR) is 141 cm³/mol. The van der Waals surface area contributed by atoms with Gasteiger partial charge in [-0.3, -0.25) is 0 Å². The van der Waals surface area contributed by atoms with Gasteiger partial charge in [-0.2, -0.15) is 0 Å². The highest BCUT2D eigenvalue weighted by molar-refractivity contribution is 5.63. The molecule has 0 aromatic heterocycles.